The number of aromatic nitrogens is 2. The average molecular weight is 258 g/mol. The first-order valence-electron chi connectivity index (χ1n) is 6.22. The minimum Gasteiger partial charge on any atom is -0.326 e. The molecule has 0 saturated carbocycles. The van der Waals surface area contributed by atoms with Crippen LogP contribution >= 0.6 is 0 Å². The van der Waals surface area contributed by atoms with E-state index in [2.05, 4.69) is 20.8 Å². The van der Waals surface area contributed by atoms with Crippen molar-refractivity contribution in [3.05, 3.63) is 47.3 Å². The van der Waals surface area contributed by atoms with Crippen molar-refractivity contribution in [2.75, 3.05) is 5.32 Å². The Bertz CT molecular complexity index is 562. The van der Waals surface area contributed by atoms with E-state index < -0.39 is 0 Å². The zero-order valence-electron chi connectivity index (χ0n) is 11.2. The van der Waals surface area contributed by atoms with Crippen molar-refractivity contribution in [2.45, 2.75) is 26.9 Å². The highest BCUT2D eigenvalue weighted by Gasteiger charge is 2.04. The molecule has 0 aliphatic heterocycles. The Hall–Kier alpha value is -2.14. The maximum Gasteiger partial charge on any atom is 0.221 e. The van der Waals surface area contributed by atoms with Crippen LogP contribution in [0.15, 0.2) is 30.5 Å². The summed E-state index contributed by atoms with van der Waals surface area (Å²) < 4.78 is 0. The average Bonchev–Trinajstić information content (AvgIpc) is 2.77. The number of carbonyl (C=O) groups excluding carboxylic acids is 1. The number of hydrogen-bond donors (Lipinski definition) is 3. The zero-order valence-corrected chi connectivity index (χ0v) is 11.2. The Morgan fingerprint density at radius 2 is 2.00 bits per heavy atom. The number of benzene rings is 1. The molecule has 0 aliphatic rings. The second kappa shape index (κ2) is 6.15. The Balaban J connectivity index is 1.96. The fourth-order valence-electron chi connectivity index (χ4n) is 1.87. The first-order valence-corrected chi connectivity index (χ1v) is 6.22. The summed E-state index contributed by atoms with van der Waals surface area (Å²) >= 11 is 0. The lowest BCUT2D eigenvalue weighted by atomic mass is 10.1. The van der Waals surface area contributed by atoms with E-state index in [1.54, 1.807) is 0 Å². The number of nitrogens with one attached hydrogen (secondary N) is 3. The number of H-pyrrole nitrogens is 1. The van der Waals surface area contributed by atoms with Crippen molar-refractivity contribution in [3.63, 3.8) is 0 Å². The van der Waals surface area contributed by atoms with Crippen LogP contribution in [0.2, 0.25) is 0 Å². The summed E-state index contributed by atoms with van der Waals surface area (Å²) in [6, 6.07) is 7.78. The predicted octanol–water partition coefficient (Wildman–Crippen LogP) is 1.97. The van der Waals surface area contributed by atoms with Crippen LogP contribution < -0.4 is 10.6 Å². The van der Waals surface area contributed by atoms with Crippen molar-refractivity contribution in [1.29, 1.82) is 0 Å². The van der Waals surface area contributed by atoms with Gasteiger partial charge in [-0.2, -0.15) is 5.10 Å². The van der Waals surface area contributed by atoms with E-state index in [9.17, 15) is 4.79 Å². The van der Waals surface area contributed by atoms with Crippen LogP contribution in [0, 0.1) is 6.92 Å². The lowest BCUT2D eigenvalue weighted by Gasteiger charge is -2.10. The number of amides is 1. The zero-order chi connectivity index (χ0) is 13.7. The molecule has 5 heteroatoms. The summed E-state index contributed by atoms with van der Waals surface area (Å²) in [6.07, 6.45) is 1.82. The Morgan fingerprint density at radius 3 is 2.68 bits per heavy atom. The van der Waals surface area contributed by atoms with Gasteiger partial charge in [0, 0.05) is 37.0 Å². The fourth-order valence-corrected chi connectivity index (χ4v) is 1.87. The Morgan fingerprint density at radius 1 is 1.26 bits per heavy atom. The van der Waals surface area contributed by atoms with Gasteiger partial charge >= 0.3 is 0 Å². The topological polar surface area (TPSA) is 69.8 Å². The highest BCUT2D eigenvalue weighted by molar-refractivity contribution is 5.89. The van der Waals surface area contributed by atoms with E-state index in [0.717, 1.165) is 29.1 Å². The third-order valence-electron chi connectivity index (χ3n) is 2.89. The maximum atomic E-state index is 11.1. The van der Waals surface area contributed by atoms with Crippen LogP contribution in [0.1, 0.15) is 23.7 Å². The third-order valence-corrected chi connectivity index (χ3v) is 2.89. The molecule has 1 heterocycles. The second-order valence-electron chi connectivity index (χ2n) is 4.46. The first-order chi connectivity index (χ1) is 9.16. The standard InChI is InChI=1S/C14H18N4O/c1-10-13(9-16-18-10)8-15-7-12-5-3-4-6-14(12)17-11(2)19/h3-6,9,15H,7-8H2,1-2H3,(H,16,18)(H,17,19). The molecule has 2 aromatic rings. The molecule has 0 aliphatic carbocycles. The number of nitrogens with zero attached hydrogens (tertiary/aromatic N) is 1. The van der Waals surface area contributed by atoms with Crippen molar-refractivity contribution < 1.29 is 4.79 Å². The summed E-state index contributed by atoms with van der Waals surface area (Å²) in [4.78, 5) is 11.1. The maximum absolute atomic E-state index is 11.1. The highest BCUT2D eigenvalue weighted by Crippen LogP contribution is 2.15. The van der Waals surface area contributed by atoms with Crippen molar-refractivity contribution in [2.24, 2.45) is 0 Å². The van der Waals surface area contributed by atoms with Crippen LogP contribution in [0.25, 0.3) is 0 Å². The quantitative estimate of drug-likeness (QED) is 0.768. The van der Waals surface area contributed by atoms with E-state index in [4.69, 9.17) is 0 Å². The number of hydrogen-bond acceptors (Lipinski definition) is 3. The summed E-state index contributed by atoms with van der Waals surface area (Å²) in [5, 5.41) is 13.1. The molecule has 1 amide bonds. The summed E-state index contributed by atoms with van der Waals surface area (Å²) in [6.45, 7) is 4.95. The van der Waals surface area contributed by atoms with Crippen molar-refractivity contribution in [1.82, 2.24) is 15.5 Å². The lowest BCUT2D eigenvalue weighted by molar-refractivity contribution is -0.114. The van der Waals surface area contributed by atoms with Gasteiger partial charge in [0.25, 0.3) is 0 Å². The van der Waals surface area contributed by atoms with E-state index in [-0.39, 0.29) is 5.91 Å². The van der Waals surface area contributed by atoms with Crippen LogP contribution in [0.5, 0.6) is 0 Å². The van der Waals surface area contributed by atoms with Gasteiger partial charge in [0.1, 0.15) is 0 Å². The van der Waals surface area contributed by atoms with Crippen molar-refractivity contribution in [3.8, 4) is 0 Å². The Labute approximate surface area is 112 Å². The van der Waals surface area contributed by atoms with Gasteiger partial charge in [-0.25, -0.2) is 0 Å². The normalized spacial score (nSPS) is 10.4. The van der Waals surface area contributed by atoms with Gasteiger partial charge in [0.15, 0.2) is 0 Å². The molecule has 0 atom stereocenters. The lowest BCUT2D eigenvalue weighted by Crippen LogP contribution is -2.15. The van der Waals surface area contributed by atoms with Crippen molar-refractivity contribution >= 4 is 11.6 Å². The van der Waals surface area contributed by atoms with Gasteiger partial charge in [-0.05, 0) is 18.6 Å². The van der Waals surface area contributed by atoms with E-state index in [0.29, 0.717) is 6.54 Å². The third kappa shape index (κ3) is 3.66. The number of aryl methyl sites for hydroxylation is 1. The molecule has 0 spiro atoms. The van der Waals surface area contributed by atoms with Gasteiger partial charge in [0.2, 0.25) is 5.91 Å². The van der Waals surface area contributed by atoms with Crippen LogP contribution in [0.4, 0.5) is 5.69 Å². The van der Waals surface area contributed by atoms with Gasteiger partial charge in [-0.15, -0.1) is 0 Å². The SMILES string of the molecule is CC(=O)Nc1ccccc1CNCc1cn[nH]c1C. The number of rotatable bonds is 5. The molecule has 19 heavy (non-hydrogen) atoms. The van der Waals surface area contributed by atoms with Crippen LogP contribution in [0.3, 0.4) is 0 Å². The molecule has 5 nitrogen and oxygen atoms in total. The van der Waals surface area contributed by atoms with Crippen LogP contribution in [-0.2, 0) is 17.9 Å². The molecular weight excluding hydrogens is 240 g/mol. The number of aromatic amines is 1. The molecule has 100 valence electrons. The summed E-state index contributed by atoms with van der Waals surface area (Å²) in [5.41, 5.74) is 4.14. The molecule has 2 rings (SSSR count). The molecule has 0 fully saturated rings. The van der Waals surface area contributed by atoms with Crippen LogP contribution in [-0.4, -0.2) is 16.1 Å². The first kappa shape index (κ1) is 13.3. The summed E-state index contributed by atoms with van der Waals surface area (Å²) in [7, 11) is 0. The monoisotopic (exact) mass is 258 g/mol. The summed E-state index contributed by atoms with van der Waals surface area (Å²) in [5.74, 6) is -0.0573. The molecule has 0 unspecified atom stereocenters. The highest BCUT2D eigenvalue weighted by atomic mass is 16.1. The van der Waals surface area contributed by atoms with Gasteiger partial charge in [-0.1, -0.05) is 18.2 Å². The smallest absolute Gasteiger partial charge is 0.221 e. The molecule has 0 radical (unpaired) electrons. The van der Waals surface area contributed by atoms with Gasteiger partial charge < -0.3 is 10.6 Å². The molecular formula is C14H18N4O. The molecule has 3 N–H and O–H groups in total. The van der Waals surface area contributed by atoms with E-state index in [1.807, 2.05) is 37.4 Å². The van der Waals surface area contributed by atoms with E-state index in [1.165, 1.54) is 6.92 Å². The minimum atomic E-state index is -0.0573. The fraction of sp³-hybridized carbons (Fsp3) is 0.286. The van der Waals surface area contributed by atoms with Gasteiger partial charge in [-0.3, -0.25) is 9.89 Å². The Kier molecular flexibility index (Phi) is 4.30. The van der Waals surface area contributed by atoms with E-state index >= 15 is 0 Å². The molecule has 1 aromatic heterocycles. The number of anilines is 1. The van der Waals surface area contributed by atoms with Gasteiger partial charge in [0.05, 0.1) is 6.20 Å². The largest absolute Gasteiger partial charge is 0.326 e. The predicted molar refractivity (Wildman–Crippen MR) is 74.6 cm³/mol. The molecule has 0 bridgehead atoms. The number of para-hydroxylation sites is 1. The second-order valence-corrected chi connectivity index (χ2v) is 4.46. The number of carbonyl (C=O) groups is 1. The minimum absolute atomic E-state index is 0.0573. The molecule has 1 aromatic carbocycles. The molecule has 0 saturated heterocycles.